The van der Waals surface area contributed by atoms with E-state index >= 15 is 0 Å². The number of hydrogen-bond acceptors (Lipinski definition) is 3. The fourth-order valence-electron chi connectivity index (χ4n) is 5.40. The minimum absolute atomic E-state index is 0.0357. The van der Waals surface area contributed by atoms with Crippen LogP contribution in [0, 0.1) is 5.92 Å². The number of carbonyl (C=O) groups excluding carboxylic acids is 1. The van der Waals surface area contributed by atoms with Gasteiger partial charge < -0.3 is 10.0 Å². The summed E-state index contributed by atoms with van der Waals surface area (Å²) in [6, 6.07) is 16.1. The van der Waals surface area contributed by atoms with E-state index in [0.29, 0.717) is 0 Å². The number of para-hydroxylation sites is 1. The number of Topliss-reactive ketones (excluding diaryl/α,β-unsaturated/α-hetero) is 1. The Morgan fingerprint density at radius 2 is 1.83 bits per heavy atom. The Labute approximate surface area is 135 Å². The highest BCUT2D eigenvalue weighted by molar-refractivity contribution is 6.07. The van der Waals surface area contributed by atoms with E-state index in [4.69, 9.17) is 0 Å². The van der Waals surface area contributed by atoms with Gasteiger partial charge in [0.2, 0.25) is 0 Å². The molecular formula is C20H19NO2. The Morgan fingerprint density at radius 3 is 2.65 bits per heavy atom. The first-order valence-electron chi connectivity index (χ1n) is 8.19. The molecule has 0 spiro atoms. The Bertz CT molecular complexity index is 860. The van der Waals surface area contributed by atoms with Crippen molar-refractivity contribution in [1.29, 1.82) is 0 Å². The predicted molar refractivity (Wildman–Crippen MR) is 88.5 cm³/mol. The maximum Gasteiger partial charge on any atom is 0.195 e. The van der Waals surface area contributed by atoms with Crippen LogP contribution in [0.15, 0.2) is 48.5 Å². The third-order valence-corrected chi connectivity index (χ3v) is 6.55. The average Bonchev–Trinajstić information content (AvgIpc) is 3.03. The minimum atomic E-state index is -1.37. The van der Waals surface area contributed by atoms with Crippen molar-refractivity contribution in [2.45, 2.75) is 30.4 Å². The third kappa shape index (κ3) is 1.23. The summed E-state index contributed by atoms with van der Waals surface area (Å²) >= 11 is 0. The molecule has 0 aromatic heterocycles. The highest BCUT2D eigenvalue weighted by atomic mass is 16.3. The first kappa shape index (κ1) is 13.3. The molecule has 4 atom stereocenters. The van der Waals surface area contributed by atoms with Gasteiger partial charge in [-0.05, 0) is 30.5 Å². The molecule has 2 aromatic carbocycles. The number of anilines is 1. The van der Waals surface area contributed by atoms with Crippen molar-refractivity contribution >= 4 is 11.5 Å². The van der Waals surface area contributed by atoms with Crippen LogP contribution in [0.2, 0.25) is 0 Å². The van der Waals surface area contributed by atoms with Gasteiger partial charge in [-0.15, -0.1) is 0 Å². The van der Waals surface area contributed by atoms with Crippen molar-refractivity contribution in [3.63, 3.8) is 0 Å². The zero-order valence-electron chi connectivity index (χ0n) is 13.3. The molecule has 3 aliphatic rings. The molecule has 0 unspecified atom stereocenters. The molecule has 1 fully saturated rings. The van der Waals surface area contributed by atoms with Crippen molar-refractivity contribution in [1.82, 2.24) is 0 Å². The van der Waals surface area contributed by atoms with E-state index in [0.717, 1.165) is 17.7 Å². The molecule has 1 saturated carbocycles. The summed E-state index contributed by atoms with van der Waals surface area (Å²) in [5.41, 5.74) is 2.17. The molecule has 0 amide bonds. The number of nitrogens with zero attached hydrogens (tertiary/aromatic N) is 1. The Morgan fingerprint density at radius 1 is 1.13 bits per heavy atom. The molecule has 5 rings (SSSR count). The van der Waals surface area contributed by atoms with E-state index in [1.165, 1.54) is 11.1 Å². The zero-order chi connectivity index (χ0) is 16.0. The normalized spacial score (nSPS) is 36.7. The number of ketones is 1. The van der Waals surface area contributed by atoms with E-state index in [1.54, 1.807) is 0 Å². The molecule has 0 saturated heterocycles. The smallest absolute Gasteiger partial charge is 0.195 e. The van der Waals surface area contributed by atoms with Gasteiger partial charge in [0, 0.05) is 30.1 Å². The Kier molecular flexibility index (Phi) is 2.23. The molecule has 1 N–H and O–H groups in total. The topological polar surface area (TPSA) is 40.5 Å². The van der Waals surface area contributed by atoms with E-state index < -0.39 is 11.1 Å². The molecule has 23 heavy (non-hydrogen) atoms. The molecule has 1 heterocycles. The highest BCUT2D eigenvalue weighted by Gasteiger charge is 2.72. The highest BCUT2D eigenvalue weighted by Crippen LogP contribution is 2.65. The number of rotatable bonds is 0. The molecule has 3 nitrogen and oxygen atoms in total. The van der Waals surface area contributed by atoms with Crippen LogP contribution in [-0.2, 0) is 16.8 Å². The lowest BCUT2D eigenvalue weighted by Gasteiger charge is -2.45. The van der Waals surface area contributed by atoms with Crippen molar-refractivity contribution in [3.05, 3.63) is 65.2 Å². The van der Waals surface area contributed by atoms with Crippen LogP contribution in [0.25, 0.3) is 0 Å². The Balaban J connectivity index is 1.85. The van der Waals surface area contributed by atoms with Gasteiger partial charge in [0.15, 0.2) is 11.4 Å². The maximum atomic E-state index is 13.3. The lowest BCUT2D eigenvalue weighted by molar-refractivity contribution is -0.141. The zero-order valence-corrected chi connectivity index (χ0v) is 13.3. The quantitative estimate of drug-likeness (QED) is 0.813. The van der Waals surface area contributed by atoms with Crippen molar-refractivity contribution in [3.8, 4) is 0 Å². The fourth-order valence-corrected chi connectivity index (χ4v) is 5.40. The number of carbonyl (C=O) groups is 1. The van der Waals surface area contributed by atoms with Crippen molar-refractivity contribution in [2.24, 2.45) is 5.92 Å². The second-order valence-corrected chi connectivity index (χ2v) is 7.31. The van der Waals surface area contributed by atoms with Gasteiger partial charge in [0.05, 0.1) is 0 Å². The number of hydrogen-bond donors (Lipinski definition) is 1. The lowest BCUT2D eigenvalue weighted by Crippen LogP contribution is -2.58. The monoisotopic (exact) mass is 305 g/mol. The molecule has 2 bridgehead atoms. The first-order valence-corrected chi connectivity index (χ1v) is 8.19. The number of benzene rings is 2. The van der Waals surface area contributed by atoms with Crippen LogP contribution in [0.4, 0.5) is 5.69 Å². The van der Waals surface area contributed by atoms with Crippen molar-refractivity contribution in [2.75, 3.05) is 11.9 Å². The van der Waals surface area contributed by atoms with Crippen LogP contribution < -0.4 is 4.90 Å². The molecule has 2 aliphatic carbocycles. The summed E-state index contributed by atoms with van der Waals surface area (Å²) in [7, 11) is 1.99. The van der Waals surface area contributed by atoms with Gasteiger partial charge in [-0.1, -0.05) is 42.5 Å². The third-order valence-electron chi connectivity index (χ3n) is 6.55. The minimum Gasteiger partial charge on any atom is -0.377 e. The van der Waals surface area contributed by atoms with E-state index in [-0.39, 0.29) is 17.6 Å². The van der Waals surface area contributed by atoms with Crippen LogP contribution in [-0.4, -0.2) is 23.5 Å². The molecule has 1 aliphatic heterocycles. The van der Waals surface area contributed by atoms with E-state index in [2.05, 4.69) is 17.0 Å². The van der Waals surface area contributed by atoms with Gasteiger partial charge >= 0.3 is 0 Å². The summed E-state index contributed by atoms with van der Waals surface area (Å²) in [5.74, 6) is -0.0900. The molecular weight excluding hydrogens is 286 g/mol. The van der Waals surface area contributed by atoms with Gasteiger partial charge in [-0.2, -0.15) is 0 Å². The number of likely N-dealkylation sites (N-methyl/N-ethyl adjacent to an activating group) is 1. The van der Waals surface area contributed by atoms with Gasteiger partial charge in [-0.3, -0.25) is 4.79 Å². The average molecular weight is 305 g/mol. The van der Waals surface area contributed by atoms with Gasteiger partial charge in [0.1, 0.15) is 5.54 Å². The summed E-state index contributed by atoms with van der Waals surface area (Å²) < 4.78 is 0. The van der Waals surface area contributed by atoms with Gasteiger partial charge in [0.25, 0.3) is 0 Å². The summed E-state index contributed by atoms with van der Waals surface area (Å²) in [4.78, 5) is 15.4. The van der Waals surface area contributed by atoms with Crippen molar-refractivity contribution < 1.29 is 9.90 Å². The van der Waals surface area contributed by atoms with Gasteiger partial charge in [-0.25, -0.2) is 0 Å². The largest absolute Gasteiger partial charge is 0.377 e. The lowest BCUT2D eigenvalue weighted by atomic mass is 9.77. The first-order chi connectivity index (χ1) is 11.0. The molecule has 116 valence electrons. The second-order valence-electron chi connectivity index (χ2n) is 7.31. The summed E-state index contributed by atoms with van der Waals surface area (Å²) in [5, 5.41) is 11.6. The second kappa shape index (κ2) is 3.85. The van der Waals surface area contributed by atoms with Crippen LogP contribution in [0.3, 0.4) is 0 Å². The molecule has 0 radical (unpaired) electrons. The van der Waals surface area contributed by atoms with Crippen LogP contribution in [0.5, 0.6) is 0 Å². The summed E-state index contributed by atoms with van der Waals surface area (Å²) in [6.07, 6.45) is 0.765. The standard InChI is InChI=1S/C20H19NO2/c1-19-17-13-8-4-3-7-12(13)11-15(17)20(23,18(19)22)14-9-5-6-10-16(14)21(19)2/h3-10,15,17,23H,11H2,1-2H3/t15-,17-,19-,20+/m1/s1. The molecule has 3 heteroatoms. The SMILES string of the molecule is CN1c2ccccc2[C@@]2(O)C(=O)[C@@]1(C)[C@@H]1c3ccccc3C[C@H]12. The van der Waals surface area contributed by atoms with E-state index in [1.807, 2.05) is 50.4 Å². The fraction of sp³-hybridized carbons (Fsp3) is 0.350. The predicted octanol–water partition coefficient (Wildman–Crippen LogP) is 2.62. The van der Waals surface area contributed by atoms with Crippen LogP contribution >= 0.6 is 0 Å². The number of aliphatic hydroxyl groups is 1. The van der Waals surface area contributed by atoms with E-state index in [9.17, 15) is 9.90 Å². The Hall–Kier alpha value is -2.13. The molecule has 2 aromatic rings. The maximum absolute atomic E-state index is 13.3. The van der Waals surface area contributed by atoms with Crippen LogP contribution in [0.1, 0.15) is 29.5 Å². The summed E-state index contributed by atoms with van der Waals surface area (Å²) in [6.45, 7) is 2.00. The number of fused-ring (bicyclic) bond motifs is 9.